The molecule has 0 bridgehead atoms. The lowest BCUT2D eigenvalue weighted by atomic mass is 10.0. The third kappa shape index (κ3) is 3.02. The number of aromatic nitrogens is 3. The standard InChI is InChI=1S/C15H25N5/c1-12-5-3-7-19(10-12)14-9-16-18-15(17-14)20-8-4-6-13(2)11-20/h9,12-13H,3-8,10-11H2,1-2H3. The van der Waals surface area contributed by atoms with Crippen LogP contribution in [0.4, 0.5) is 11.8 Å². The molecular formula is C15H25N5. The molecule has 0 aliphatic carbocycles. The van der Waals surface area contributed by atoms with E-state index in [0.717, 1.165) is 49.8 Å². The molecule has 0 N–H and O–H groups in total. The summed E-state index contributed by atoms with van der Waals surface area (Å²) in [5, 5.41) is 8.44. The highest BCUT2D eigenvalue weighted by Gasteiger charge is 2.22. The molecular weight excluding hydrogens is 250 g/mol. The van der Waals surface area contributed by atoms with Crippen molar-refractivity contribution < 1.29 is 0 Å². The van der Waals surface area contributed by atoms with Crippen molar-refractivity contribution in [1.82, 2.24) is 15.2 Å². The SMILES string of the molecule is CC1CCCN(c2cnnc(N3CCCC(C)C3)n2)C1. The monoisotopic (exact) mass is 275 g/mol. The van der Waals surface area contributed by atoms with Crippen LogP contribution < -0.4 is 9.80 Å². The summed E-state index contributed by atoms with van der Waals surface area (Å²) in [6.07, 6.45) is 6.93. The molecule has 0 saturated carbocycles. The van der Waals surface area contributed by atoms with Gasteiger partial charge in [-0.2, -0.15) is 10.1 Å². The average molecular weight is 275 g/mol. The largest absolute Gasteiger partial charge is 0.355 e. The van der Waals surface area contributed by atoms with Crippen LogP contribution in [-0.2, 0) is 0 Å². The van der Waals surface area contributed by atoms with E-state index in [-0.39, 0.29) is 0 Å². The minimum atomic E-state index is 0.728. The Morgan fingerprint density at radius 3 is 2.35 bits per heavy atom. The van der Waals surface area contributed by atoms with Crippen LogP contribution in [0.3, 0.4) is 0 Å². The summed E-state index contributed by atoms with van der Waals surface area (Å²) >= 11 is 0. The number of piperidine rings is 2. The van der Waals surface area contributed by atoms with Gasteiger partial charge in [-0.3, -0.25) is 0 Å². The van der Waals surface area contributed by atoms with Crippen LogP contribution in [0.15, 0.2) is 6.20 Å². The van der Waals surface area contributed by atoms with E-state index in [2.05, 4.69) is 33.8 Å². The van der Waals surface area contributed by atoms with E-state index in [0.29, 0.717) is 0 Å². The zero-order valence-electron chi connectivity index (χ0n) is 12.6. The maximum atomic E-state index is 4.77. The third-order valence-corrected chi connectivity index (χ3v) is 4.46. The minimum absolute atomic E-state index is 0.728. The van der Waals surface area contributed by atoms with Gasteiger partial charge in [-0.05, 0) is 37.5 Å². The molecule has 110 valence electrons. The molecule has 2 aliphatic heterocycles. The predicted molar refractivity (Wildman–Crippen MR) is 81.0 cm³/mol. The molecule has 20 heavy (non-hydrogen) atoms. The normalized spacial score (nSPS) is 27.7. The lowest BCUT2D eigenvalue weighted by Crippen LogP contribution is -2.37. The Labute approximate surface area is 121 Å². The third-order valence-electron chi connectivity index (χ3n) is 4.46. The molecule has 0 aromatic carbocycles. The second-order valence-electron chi connectivity index (χ2n) is 6.50. The molecule has 0 spiro atoms. The van der Waals surface area contributed by atoms with Crippen LogP contribution in [0.5, 0.6) is 0 Å². The van der Waals surface area contributed by atoms with E-state index < -0.39 is 0 Å². The zero-order chi connectivity index (χ0) is 13.9. The zero-order valence-corrected chi connectivity index (χ0v) is 12.6. The summed E-state index contributed by atoms with van der Waals surface area (Å²) in [5.41, 5.74) is 0. The number of nitrogens with zero attached hydrogens (tertiary/aromatic N) is 5. The Hall–Kier alpha value is -1.39. The molecule has 2 fully saturated rings. The Bertz CT molecular complexity index is 412. The van der Waals surface area contributed by atoms with Crippen LogP contribution in [0.25, 0.3) is 0 Å². The minimum Gasteiger partial charge on any atom is -0.355 e. The Kier molecular flexibility index (Phi) is 4.03. The highest BCUT2D eigenvalue weighted by atomic mass is 15.4. The lowest BCUT2D eigenvalue weighted by molar-refractivity contribution is 0.436. The Balaban J connectivity index is 1.75. The second kappa shape index (κ2) is 5.94. The van der Waals surface area contributed by atoms with Crippen molar-refractivity contribution in [2.24, 2.45) is 11.8 Å². The van der Waals surface area contributed by atoms with Gasteiger partial charge in [-0.25, -0.2) is 0 Å². The second-order valence-corrected chi connectivity index (χ2v) is 6.50. The molecule has 0 radical (unpaired) electrons. The van der Waals surface area contributed by atoms with Gasteiger partial charge in [0.05, 0.1) is 6.20 Å². The van der Waals surface area contributed by atoms with E-state index in [1.54, 1.807) is 0 Å². The first kappa shape index (κ1) is 13.6. The molecule has 2 saturated heterocycles. The number of hydrogen-bond donors (Lipinski definition) is 0. The fourth-order valence-corrected chi connectivity index (χ4v) is 3.34. The van der Waals surface area contributed by atoms with Gasteiger partial charge in [0.15, 0.2) is 5.82 Å². The van der Waals surface area contributed by atoms with Crippen LogP contribution in [-0.4, -0.2) is 41.4 Å². The summed E-state index contributed by atoms with van der Waals surface area (Å²) in [7, 11) is 0. The first-order valence-corrected chi connectivity index (χ1v) is 7.92. The van der Waals surface area contributed by atoms with E-state index in [9.17, 15) is 0 Å². The van der Waals surface area contributed by atoms with E-state index >= 15 is 0 Å². The number of rotatable bonds is 2. The summed E-state index contributed by atoms with van der Waals surface area (Å²) in [6.45, 7) is 8.92. The van der Waals surface area contributed by atoms with Gasteiger partial charge >= 0.3 is 0 Å². The van der Waals surface area contributed by atoms with Crippen LogP contribution >= 0.6 is 0 Å². The summed E-state index contributed by atoms with van der Waals surface area (Å²) in [4.78, 5) is 9.42. The number of hydrogen-bond acceptors (Lipinski definition) is 5. The van der Waals surface area contributed by atoms with Crippen LogP contribution in [0, 0.1) is 11.8 Å². The van der Waals surface area contributed by atoms with Gasteiger partial charge in [0.25, 0.3) is 0 Å². The molecule has 5 heteroatoms. The van der Waals surface area contributed by atoms with Crippen molar-refractivity contribution in [2.75, 3.05) is 36.0 Å². The molecule has 5 nitrogen and oxygen atoms in total. The quantitative estimate of drug-likeness (QED) is 0.829. The van der Waals surface area contributed by atoms with Crippen LogP contribution in [0.2, 0.25) is 0 Å². The highest BCUT2D eigenvalue weighted by Crippen LogP contribution is 2.23. The maximum Gasteiger partial charge on any atom is 0.247 e. The molecule has 3 rings (SSSR count). The predicted octanol–water partition coefficient (Wildman–Crippen LogP) is 2.34. The summed E-state index contributed by atoms with van der Waals surface area (Å²) in [6, 6.07) is 0. The molecule has 1 aromatic rings. The topological polar surface area (TPSA) is 45.2 Å². The van der Waals surface area contributed by atoms with Crippen molar-refractivity contribution in [1.29, 1.82) is 0 Å². The van der Waals surface area contributed by atoms with Crippen LogP contribution in [0.1, 0.15) is 39.5 Å². The number of anilines is 2. The summed E-state index contributed by atoms with van der Waals surface area (Å²) in [5.74, 6) is 3.29. The van der Waals surface area contributed by atoms with E-state index in [1.165, 1.54) is 25.7 Å². The molecule has 3 heterocycles. The Morgan fingerprint density at radius 2 is 1.65 bits per heavy atom. The average Bonchev–Trinajstić information content (AvgIpc) is 2.47. The van der Waals surface area contributed by atoms with Crippen molar-refractivity contribution in [2.45, 2.75) is 39.5 Å². The first-order chi connectivity index (χ1) is 9.72. The molecule has 1 aromatic heterocycles. The van der Waals surface area contributed by atoms with Crippen molar-refractivity contribution in [3.8, 4) is 0 Å². The van der Waals surface area contributed by atoms with Gasteiger partial charge in [0.2, 0.25) is 5.95 Å². The molecule has 0 amide bonds. The first-order valence-electron chi connectivity index (χ1n) is 7.92. The smallest absolute Gasteiger partial charge is 0.247 e. The molecule has 2 aliphatic rings. The van der Waals surface area contributed by atoms with Gasteiger partial charge < -0.3 is 9.80 Å². The summed E-state index contributed by atoms with van der Waals surface area (Å²) < 4.78 is 0. The van der Waals surface area contributed by atoms with Crippen molar-refractivity contribution >= 4 is 11.8 Å². The van der Waals surface area contributed by atoms with Gasteiger partial charge in [0, 0.05) is 26.2 Å². The fourth-order valence-electron chi connectivity index (χ4n) is 3.34. The van der Waals surface area contributed by atoms with Crippen molar-refractivity contribution in [3.05, 3.63) is 6.20 Å². The lowest BCUT2D eigenvalue weighted by Gasteiger charge is -2.33. The van der Waals surface area contributed by atoms with Gasteiger partial charge in [-0.1, -0.05) is 13.8 Å². The van der Waals surface area contributed by atoms with Gasteiger partial charge in [-0.15, -0.1) is 5.10 Å². The van der Waals surface area contributed by atoms with E-state index in [1.807, 2.05) is 6.20 Å². The molecule has 2 atom stereocenters. The molecule has 2 unspecified atom stereocenters. The van der Waals surface area contributed by atoms with Gasteiger partial charge in [0.1, 0.15) is 0 Å². The van der Waals surface area contributed by atoms with E-state index in [4.69, 9.17) is 4.98 Å². The maximum absolute atomic E-state index is 4.77. The Morgan fingerprint density at radius 1 is 1.00 bits per heavy atom. The fraction of sp³-hybridized carbons (Fsp3) is 0.800. The highest BCUT2D eigenvalue weighted by molar-refractivity contribution is 5.42. The van der Waals surface area contributed by atoms with Crippen molar-refractivity contribution in [3.63, 3.8) is 0 Å².